The Morgan fingerprint density at radius 2 is 2.10 bits per heavy atom. The summed E-state index contributed by atoms with van der Waals surface area (Å²) >= 11 is 0. The molecule has 1 aromatic rings. The first kappa shape index (κ1) is 15.2. The van der Waals surface area contributed by atoms with Crippen molar-refractivity contribution in [2.45, 2.75) is 51.5 Å². The molecule has 1 N–H and O–H groups in total. The second-order valence-corrected chi connectivity index (χ2v) is 5.45. The molecule has 0 spiro atoms. The molecule has 0 fully saturated rings. The molecule has 20 heavy (non-hydrogen) atoms. The monoisotopic (exact) mass is 279 g/mol. The average Bonchev–Trinajstić information content (AvgIpc) is 2.48. The van der Waals surface area contributed by atoms with E-state index in [2.05, 4.69) is 18.3 Å². The predicted octanol–water partition coefficient (Wildman–Crippen LogP) is 4.38. The lowest BCUT2D eigenvalue weighted by Gasteiger charge is -2.25. The van der Waals surface area contributed by atoms with E-state index in [9.17, 15) is 8.78 Å². The Labute approximate surface area is 120 Å². The summed E-state index contributed by atoms with van der Waals surface area (Å²) in [6.07, 6.45) is 8.43. The molecule has 110 valence electrons. The van der Waals surface area contributed by atoms with Crippen LogP contribution in [0.15, 0.2) is 29.8 Å². The maximum absolute atomic E-state index is 13.8. The maximum atomic E-state index is 13.8. The molecular weight excluding hydrogens is 256 g/mol. The summed E-state index contributed by atoms with van der Waals surface area (Å²) < 4.78 is 27.1. The van der Waals surface area contributed by atoms with Crippen molar-refractivity contribution in [3.63, 3.8) is 0 Å². The zero-order chi connectivity index (χ0) is 14.4. The molecule has 1 aliphatic rings. The van der Waals surface area contributed by atoms with Gasteiger partial charge in [0.15, 0.2) is 11.6 Å². The standard InChI is InChI=1S/C17H23F2N/c1-2-11-20-16(13-7-4-3-5-8-13)12-14-9-6-10-15(18)17(14)19/h6-7,9-10,16,20H,2-5,8,11-12H2,1H3. The quantitative estimate of drug-likeness (QED) is 0.762. The minimum absolute atomic E-state index is 0.131. The average molecular weight is 279 g/mol. The van der Waals surface area contributed by atoms with E-state index in [0.29, 0.717) is 12.0 Å². The van der Waals surface area contributed by atoms with Crippen LogP contribution in [0.25, 0.3) is 0 Å². The number of halogens is 2. The third-order valence-corrected chi connectivity index (χ3v) is 3.87. The van der Waals surface area contributed by atoms with Crippen LogP contribution < -0.4 is 5.32 Å². The second-order valence-electron chi connectivity index (χ2n) is 5.45. The van der Waals surface area contributed by atoms with Crippen molar-refractivity contribution in [3.05, 3.63) is 47.0 Å². The van der Waals surface area contributed by atoms with Crippen LogP contribution in [0.1, 0.15) is 44.6 Å². The summed E-state index contributed by atoms with van der Waals surface area (Å²) in [5.41, 5.74) is 1.82. The molecule has 1 aromatic carbocycles. The number of hydrogen-bond donors (Lipinski definition) is 1. The molecule has 0 heterocycles. The minimum atomic E-state index is -0.755. The normalized spacial score (nSPS) is 16.9. The Hall–Kier alpha value is -1.22. The molecule has 0 bridgehead atoms. The number of benzene rings is 1. The first-order valence-corrected chi connectivity index (χ1v) is 7.57. The highest BCUT2D eigenvalue weighted by atomic mass is 19.2. The van der Waals surface area contributed by atoms with Gasteiger partial charge in [0.05, 0.1) is 0 Å². The van der Waals surface area contributed by atoms with Crippen molar-refractivity contribution in [1.29, 1.82) is 0 Å². The molecule has 0 radical (unpaired) electrons. The van der Waals surface area contributed by atoms with E-state index >= 15 is 0 Å². The maximum Gasteiger partial charge on any atom is 0.162 e. The lowest BCUT2D eigenvalue weighted by atomic mass is 9.90. The highest BCUT2D eigenvalue weighted by Gasteiger charge is 2.18. The van der Waals surface area contributed by atoms with Gasteiger partial charge < -0.3 is 5.32 Å². The summed E-state index contributed by atoms with van der Waals surface area (Å²) in [6.45, 7) is 3.01. The van der Waals surface area contributed by atoms with Crippen molar-refractivity contribution in [1.82, 2.24) is 5.32 Å². The van der Waals surface area contributed by atoms with Gasteiger partial charge in [-0.15, -0.1) is 0 Å². The topological polar surface area (TPSA) is 12.0 Å². The van der Waals surface area contributed by atoms with Gasteiger partial charge in [0.2, 0.25) is 0 Å². The lowest BCUT2D eigenvalue weighted by molar-refractivity contribution is 0.479. The van der Waals surface area contributed by atoms with Gasteiger partial charge in [-0.2, -0.15) is 0 Å². The molecule has 1 aliphatic carbocycles. The van der Waals surface area contributed by atoms with Crippen LogP contribution in [-0.2, 0) is 6.42 Å². The van der Waals surface area contributed by atoms with Crippen molar-refractivity contribution >= 4 is 0 Å². The molecule has 0 saturated heterocycles. The molecule has 0 saturated carbocycles. The van der Waals surface area contributed by atoms with Gasteiger partial charge in [0.25, 0.3) is 0 Å². The predicted molar refractivity (Wildman–Crippen MR) is 78.7 cm³/mol. The van der Waals surface area contributed by atoms with Crippen LogP contribution >= 0.6 is 0 Å². The highest BCUT2D eigenvalue weighted by molar-refractivity contribution is 5.24. The number of rotatable bonds is 6. The molecule has 1 nitrogen and oxygen atoms in total. The van der Waals surface area contributed by atoms with Gasteiger partial charge in [-0.1, -0.05) is 30.7 Å². The van der Waals surface area contributed by atoms with E-state index in [0.717, 1.165) is 25.8 Å². The van der Waals surface area contributed by atoms with E-state index in [1.807, 2.05) is 0 Å². The summed E-state index contributed by atoms with van der Waals surface area (Å²) in [5.74, 6) is -1.46. The third-order valence-electron chi connectivity index (χ3n) is 3.87. The van der Waals surface area contributed by atoms with Gasteiger partial charge >= 0.3 is 0 Å². The van der Waals surface area contributed by atoms with Gasteiger partial charge in [-0.05, 0) is 56.7 Å². The Morgan fingerprint density at radius 1 is 1.25 bits per heavy atom. The summed E-state index contributed by atoms with van der Waals surface area (Å²) in [7, 11) is 0. The molecule has 0 aliphatic heterocycles. The fraction of sp³-hybridized carbons (Fsp3) is 0.529. The molecule has 1 atom stereocenters. The lowest BCUT2D eigenvalue weighted by Crippen LogP contribution is -2.34. The molecule has 3 heteroatoms. The van der Waals surface area contributed by atoms with Crippen LogP contribution in [0.5, 0.6) is 0 Å². The van der Waals surface area contributed by atoms with Crippen LogP contribution in [0.2, 0.25) is 0 Å². The Bertz CT molecular complexity index is 468. The third kappa shape index (κ3) is 3.89. The smallest absolute Gasteiger partial charge is 0.162 e. The van der Waals surface area contributed by atoms with Gasteiger partial charge in [0.1, 0.15) is 0 Å². The zero-order valence-corrected chi connectivity index (χ0v) is 12.1. The van der Waals surface area contributed by atoms with Gasteiger partial charge in [-0.25, -0.2) is 8.78 Å². The van der Waals surface area contributed by atoms with Gasteiger partial charge in [0, 0.05) is 6.04 Å². The summed E-state index contributed by atoms with van der Waals surface area (Å²) in [4.78, 5) is 0. The van der Waals surface area contributed by atoms with E-state index in [1.165, 1.54) is 24.5 Å². The fourth-order valence-corrected chi connectivity index (χ4v) is 2.76. The molecule has 0 aromatic heterocycles. The van der Waals surface area contributed by atoms with Crippen LogP contribution in [-0.4, -0.2) is 12.6 Å². The van der Waals surface area contributed by atoms with E-state index in [1.54, 1.807) is 12.1 Å². The molecule has 1 unspecified atom stereocenters. The zero-order valence-electron chi connectivity index (χ0n) is 12.1. The Kier molecular flexibility index (Phi) is 5.72. The van der Waals surface area contributed by atoms with E-state index in [4.69, 9.17) is 0 Å². The number of hydrogen-bond acceptors (Lipinski definition) is 1. The fourth-order valence-electron chi connectivity index (χ4n) is 2.76. The van der Waals surface area contributed by atoms with Gasteiger partial charge in [-0.3, -0.25) is 0 Å². The van der Waals surface area contributed by atoms with E-state index < -0.39 is 11.6 Å². The minimum Gasteiger partial charge on any atom is -0.310 e. The summed E-state index contributed by atoms with van der Waals surface area (Å²) in [5, 5.41) is 3.48. The second kappa shape index (κ2) is 7.53. The highest BCUT2D eigenvalue weighted by Crippen LogP contribution is 2.23. The molecular formula is C17H23F2N. The Morgan fingerprint density at radius 3 is 2.80 bits per heavy atom. The summed E-state index contributed by atoms with van der Waals surface area (Å²) in [6, 6.07) is 4.57. The van der Waals surface area contributed by atoms with Crippen molar-refractivity contribution in [3.8, 4) is 0 Å². The first-order valence-electron chi connectivity index (χ1n) is 7.57. The largest absolute Gasteiger partial charge is 0.310 e. The molecule has 2 rings (SSSR count). The number of allylic oxidation sites excluding steroid dienone is 1. The molecule has 0 amide bonds. The van der Waals surface area contributed by atoms with Crippen LogP contribution in [0, 0.1) is 11.6 Å². The Balaban J connectivity index is 2.14. The van der Waals surface area contributed by atoms with Crippen molar-refractivity contribution < 1.29 is 8.78 Å². The number of nitrogens with one attached hydrogen (secondary N) is 1. The van der Waals surface area contributed by atoms with Crippen LogP contribution in [0.4, 0.5) is 8.78 Å². The van der Waals surface area contributed by atoms with E-state index in [-0.39, 0.29) is 6.04 Å². The first-order chi connectivity index (χ1) is 9.72. The van der Waals surface area contributed by atoms with Crippen molar-refractivity contribution in [2.75, 3.05) is 6.54 Å². The van der Waals surface area contributed by atoms with Crippen LogP contribution in [0.3, 0.4) is 0 Å². The van der Waals surface area contributed by atoms with Crippen molar-refractivity contribution in [2.24, 2.45) is 0 Å². The SMILES string of the molecule is CCCNC(Cc1cccc(F)c1F)C1=CCCCC1.